The van der Waals surface area contributed by atoms with Crippen LogP contribution in [0.1, 0.15) is 26.7 Å². The molecular weight excluding hydrogens is 176 g/mol. The summed E-state index contributed by atoms with van der Waals surface area (Å²) in [4.78, 5) is 21.5. The molecule has 0 aliphatic rings. The van der Waals surface area contributed by atoms with Crippen LogP contribution in [0, 0.1) is 0 Å². The maximum Gasteiger partial charge on any atom is 0.316 e. The van der Waals surface area contributed by atoms with Crippen molar-refractivity contribution in [2.45, 2.75) is 38.9 Å². The summed E-state index contributed by atoms with van der Waals surface area (Å²) in [6.07, 6.45) is -2.09. The zero-order valence-corrected chi connectivity index (χ0v) is 7.69. The second-order valence-electron chi connectivity index (χ2n) is 2.95. The Morgan fingerprint density at radius 3 is 1.62 bits per heavy atom. The summed E-state index contributed by atoms with van der Waals surface area (Å²) in [5.41, 5.74) is 0. The van der Waals surface area contributed by atoms with Crippen molar-refractivity contribution in [3.05, 3.63) is 0 Å². The predicted molar refractivity (Wildman–Crippen MR) is 43.7 cm³/mol. The molecule has 0 aliphatic carbocycles. The average Bonchev–Trinajstić information content (AvgIpc) is 1.80. The van der Waals surface area contributed by atoms with Gasteiger partial charge in [0.15, 0.2) is 0 Å². The lowest BCUT2D eigenvalue weighted by molar-refractivity contribution is -0.161. The summed E-state index contributed by atoms with van der Waals surface area (Å²) in [7, 11) is 0. The number of rotatable bonds is 4. The SMILES string of the molecule is CC(O)CC(=O)OC(=O)CC(C)O. The molecule has 0 spiro atoms. The monoisotopic (exact) mass is 190 g/mol. The van der Waals surface area contributed by atoms with E-state index in [9.17, 15) is 9.59 Å². The van der Waals surface area contributed by atoms with Gasteiger partial charge in [0.05, 0.1) is 25.0 Å². The van der Waals surface area contributed by atoms with E-state index >= 15 is 0 Å². The van der Waals surface area contributed by atoms with Crippen LogP contribution in [0.25, 0.3) is 0 Å². The highest BCUT2D eigenvalue weighted by Crippen LogP contribution is 1.97. The zero-order valence-electron chi connectivity index (χ0n) is 7.69. The third-order valence-electron chi connectivity index (χ3n) is 1.15. The van der Waals surface area contributed by atoms with Gasteiger partial charge in [-0.2, -0.15) is 0 Å². The second-order valence-corrected chi connectivity index (χ2v) is 2.95. The number of aliphatic hydroxyl groups is 2. The van der Waals surface area contributed by atoms with E-state index in [0.29, 0.717) is 0 Å². The smallest absolute Gasteiger partial charge is 0.316 e. The van der Waals surface area contributed by atoms with E-state index in [0.717, 1.165) is 0 Å². The Morgan fingerprint density at radius 1 is 1.08 bits per heavy atom. The van der Waals surface area contributed by atoms with Crippen molar-refractivity contribution in [3.63, 3.8) is 0 Å². The quantitative estimate of drug-likeness (QED) is 0.465. The van der Waals surface area contributed by atoms with Gasteiger partial charge in [0, 0.05) is 0 Å². The Labute approximate surface area is 76.3 Å². The fraction of sp³-hybridized carbons (Fsp3) is 0.750. The molecule has 2 N–H and O–H groups in total. The van der Waals surface area contributed by atoms with E-state index in [1.54, 1.807) is 0 Å². The summed E-state index contributed by atoms with van der Waals surface area (Å²) in [5, 5.41) is 17.5. The summed E-state index contributed by atoms with van der Waals surface area (Å²) in [6, 6.07) is 0. The topological polar surface area (TPSA) is 83.8 Å². The van der Waals surface area contributed by atoms with E-state index in [1.165, 1.54) is 13.8 Å². The van der Waals surface area contributed by atoms with Crippen LogP contribution in [-0.4, -0.2) is 34.4 Å². The molecule has 2 atom stereocenters. The second kappa shape index (κ2) is 5.66. The lowest BCUT2D eigenvalue weighted by atomic mass is 10.3. The number of aliphatic hydroxyl groups excluding tert-OH is 2. The Morgan fingerprint density at radius 2 is 1.38 bits per heavy atom. The van der Waals surface area contributed by atoms with Crippen molar-refractivity contribution in [2.24, 2.45) is 0 Å². The fourth-order valence-corrected chi connectivity index (χ4v) is 0.693. The molecule has 0 fully saturated rings. The van der Waals surface area contributed by atoms with Crippen LogP contribution in [-0.2, 0) is 14.3 Å². The molecule has 2 unspecified atom stereocenters. The van der Waals surface area contributed by atoms with Gasteiger partial charge >= 0.3 is 11.9 Å². The van der Waals surface area contributed by atoms with Gasteiger partial charge in [-0.15, -0.1) is 0 Å². The molecule has 5 heteroatoms. The molecule has 0 saturated carbocycles. The molecule has 0 heterocycles. The highest BCUT2D eigenvalue weighted by Gasteiger charge is 2.14. The molecule has 0 saturated heterocycles. The molecule has 0 aromatic heterocycles. The van der Waals surface area contributed by atoms with Crippen LogP contribution in [0.4, 0.5) is 0 Å². The first-order valence-corrected chi connectivity index (χ1v) is 4.01. The normalized spacial score (nSPS) is 14.8. The summed E-state index contributed by atoms with van der Waals surface area (Å²) in [6.45, 7) is 2.83. The number of hydrogen-bond acceptors (Lipinski definition) is 5. The third kappa shape index (κ3) is 7.42. The predicted octanol–water partition coefficient (Wildman–Crippen LogP) is -0.402. The third-order valence-corrected chi connectivity index (χ3v) is 1.15. The molecule has 0 bridgehead atoms. The molecule has 0 radical (unpaired) electrons. The molecule has 0 rings (SSSR count). The number of ether oxygens (including phenoxy) is 1. The van der Waals surface area contributed by atoms with E-state index in [-0.39, 0.29) is 12.8 Å². The number of carbonyl (C=O) groups is 2. The number of esters is 2. The van der Waals surface area contributed by atoms with E-state index in [2.05, 4.69) is 4.74 Å². The van der Waals surface area contributed by atoms with Crippen molar-refractivity contribution >= 4 is 11.9 Å². The van der Waals surface area contributed by atoms with Gasteiger partial charge in [0.2, 0.25) is 0 Å². The van der Waals surface area contributed by atoms with Crippen LogP contribution < -0.4 is 0 Å². The molecular formula is C8H14O5. The average molecular weight is 190 g/mol. The first-order chi connectivity index (χ1) is 5.91. The molecule has 0 aliphatic heterocycles. The Hall–Kier alpha value is -0.940. The molecule has 76 valence electrons. The number of carbonyl (C=O) groups excluding carboxylic acids is 2. The lowest BCUT2D eigenvalue weighted by Crippen LogP contribution is -2.19. The van der Waals surface area contributed by atoms with Gasteiger partial charge in [-0.3, -0.25) is 9.59 Å². The molecule has 13 heavy (non-hydrogen) atoms. The van der Waals surface area contributed by atoms with E-state index in [4.69, 9.17) is 10.2 Å². The minimum atomic E-state index is -0.827. The Kier molecular flexibility index (Phi) is 5.25. The summed E-state index contributed by atoms with van der Waals surface area (Å²) < 4.78 is 4.27. The molecule has 0 aromatic rings. The van der Waals surface area contributed by atoms with Crippen LogP contribution in [0.5, 0.6) is 0 Å². The highest BCUT2D eigenvalue weighted by atomic mass is 16.6. The maximum atomic E-state index is 10.8. The highest BCUT2D eigenvalue weighted by molar-refractivity contribution is 5.85. The molecule has 0 amide bonds. The van der Waals surface area contributed by atoms with E-state index in [1.807, 2.05) is 0 Å². The van der Waals surface area contributed by atoms with Crippen LogP contribution >= 0.6 is 0 Å². The van der Waals surface area contributed by atoms with Crippen molar-refractivity contribution < 1.29 is 24.5 Å². The van der Waals surface area contributed by atoms with Gasteiger partial charge in [-0.1, -0.05) is 0 Å². The Balaban J connectivity index is 3.72. The molecule has 0 aromatic carbocycles. The van der Waals surface area contributed by atoms with Crippen LogP contribution in [0.3, 0.4) is 0 Å². The van der Waals surface area contributed by atoms with Crippen molar-refractivity contribution in [1.82, 2.24) is 0 Å². The standard InChI is InChI=1S/C8H14O5/c1-5(9)3-7(11)13-8(12)4-6(2)10/h5-6,9-10H,3-4H2,1-2H3. The fourth-order valence-electron chi connectivity index (χ4n) is 0.693. The minimum absolute atomic E-state index is 0.217. The Bertz CT molecular complexity index is 165. The first-order valence-electron chi connectivity index (χ1n) is 4.01. The van der Waals surface area contributed by atoms with Gasteiger partial charge in [0.25, 0.3) is 0 Å². The van der Waals surface area contributed by atoms with Crippen LogP contribution in [0.2, 0.25) is 0 Å². The number of hydrogen-bond donors (Lipinski definition) is 2. The minimum Gasteiger partial charge on any atom is -0.393 e. The maximum absolute atomic E-state index is 10.8. The van der Waals surface area contributed by atoms with Crippen molar-refractivity contribution in [2.75, 3.05) is 0 Å². The van der Waals surface area contributed by atoms with Gasteiger partial charge in [-0.25, -0.2) is 0 Å². The van der Waals surface area contributed by atoms with Gasteiger partial charge < -0.3 is 14.9 Å². The molecule has 5 nitrogen and oxygen atoms in total. The van der Waals surface area contributed by atoms with Gasteiger partial charge in [0.1, 0.15) is 0 Å². The summed E-state index contributed by atoms with van der Waals surface area (Å²) in [5.74, 6) is -1.55. The van der Waals surface area contributed by atoms with Gasteiger partial charge in [-0.05, 0) is 13.8 Å². The lowest BCUT2D eigenvalue weighted by Gasteiger charge is -2.05. The van der Waals surface area contributed by atoms with Crippen molar-refractivity contribution in [3.8, 4) is 0 Å². The first kappa shape index (κ1) is 12.1. The van der Waals surface area contributed by atoms with E-state index < -0.39 is 24.1 Å². The largest absolute Gasteiger partial charge is 0.393 e. The van der Waals surface area contributed by atoms with Crippen molar-refractivity contribution in [1.29, 1.82) is 0 Å². The zero-order chi connectivity index (χ0) is 10.4. The summed E-state index contributed by atoms with van der Waals surface area (Å²) >= 11 is 0. The van der Waals surface area contributed by atoms with Crippen LogP contribution in [0.15, 0.2) is 0 Å².